The van der Waals surface area contributed by atoms with Crippen LogP contribution in [0.4, 0.5) is 0 Å². The van der Waals surface area contributed by atoms with Crippen molar-refractivity contribution in [1.82, 2.24) is 24.6 Å². The third-order valence-corrected chi connectivity index (χ3v) is 7.01. The minimum atomic E-state index is -0.386. The number of thiophene rings is 1. The van der Waals surface area contributed by atoms with Crippen LogP contribution in [0, 0.1) is 5.92 Å². The van der Waals surface area contributed by atoms with E-state index in [1.54, 1.807) is 12.3 Å². The van der Waals surface area contributed by atoms with Gasteiger partial charge in [-0.05, 0) is 31.4 Å². The molecule has 0 aliphatic carbocycles. The number of amides is 1. The lowest BCUT2D eigenvalue weighted by Gasteiger charge is -2.16. The molecule has 0 aromatic carbocycles. The number of carbonyl (C=O) groups excluding carboxylic acids is 1. The van der Waals surface area contributed by atoms with E-state index in [0.717, 1.165) is 43.2 Å². The van der Waals surface area contributed by atoms with Crippen LogP contribution in [0.1, 0.15) is 65.9 Å². The van der Waals surface area contributed by atoms with Crippen molar-refractivity contribution in [2.45, 2.75) is 52.1 Å². The Hall–Kier alpha value is -2.52. The summed E-state index contributed by atoms with van der Waals surface area (Å²) in [6, 6.07) is 3.94. The second-order valence-corrected chi connectivity index (χ2v) is 9.49. The van der Waals surface area contributed by atoms with E-state index in [-0.39, 0.29) is 23.4 Å². The van der Waals surface area contributed by atoms with Gasteiger partial charge in [0.05, 0.1) is 17.1 Å². The van der Waals surface area contributed by atoms with Crippen LogP contribution in [0.5, 0.6) is 0 Å². The average Bonchev–Trinajstić information content (AvgIpc) is 3.40. The molecule has 0 spiro atoms. The SMILES string of the molecule is CCCC(C)n1ncc2c(=O)[nH]c(C3CN(Cc4ccc(C(N)=O)s4)CC3C)nc21. The lowest BCUT2D eigenvalue weighted by atomic mass is 9.97. The van der Waals surface area contributed by atoms with Crippen molar-refractivity contribution < 1.29 is 4.79 Å². The van der Waals surface area contributed by atoms with Gasteiger partial charge in [0.15, 0.2) is 5.65 Å². The summed E-state index contributed by atoms with van der Waals surface area (Å²) in [6.45, 7) is 8.91. The molecule has 3 N–H and O–H groups in total. The maximum absolute atomic E-state index is 12.7. The molecular weight excluding hydrogens is 400 g/mol. The lowest BCUT2D eigenvalue weighted by molar-refractivity contribution is 0.100. The zero-order valence-electron chi connectivity index (χ0n) is 17.6. The van der Waals surface area contributed by atoms with Crippen molar-refractivity contribution in [1.29, 1.82) is 0 Å². The van der Waals surface area contributed by atoms with Gasteiger partial charge in [-0.2, -0.15) is 5.10 Å². The summed E-state index contributed by atoms with van der Waals surface area (Å²) in [7, 11) is 0. The minimum absolute atomic E-state index is 0.125. The number of nitrogens with one attached hydrogen (secondary N) is 1. The molecule has 3 unspecified atom stereocenters. The zero-order chi connectivity index (χ0) is 21.4. The highest BCUT2D eigenvalue weighted by molar-refractivity contribution is 7.14. The van der Waals surface area contributed by atoms with Crippen LogP contribution in [0.3, 0.4) is 0 Å². The Balaban J connectivity index is 1.57. The van der Waals surface area contributed by atoms with Gasteiger partial charge in [-0.1, -0.05) is 20.3 Å². The zero-order valence-corrected chi connectivity index (χ0v) is 18.4. The second-order valence-electron chi connectivity index (χ2n) is 8.32. The van der Waals surface area contributed by atoms with Crippen molar-refractivity contribution in [3.8, 4) is 0 Å². The first-order valence-electron chi connectivity index (χ1n) is 10.5. The maximum atomic E-state index is 12.7. The quantitative estimate of drug-likeness (QED) is 0.601. The number of likely N-dealkylation sites (tertiary alicyclic amines) is 1. The van der Waals surface area contributed by atoms with Crippen LogP contribution in [-0.4, -0.2) is 43.6 Å². The highest BCUT2D eigenvalue weighted by atomic mass is 32.1. The van der Waals surface area contributed by atoms with Gasteiger partial charge in [0.2, 0.25) is 0 Å². The van der Waals surface area contributed by atoms with Crippen molar-refractivity contribution in [2.75, 3.05) is 13.1 Å². The Morgan fingerprint density at radius 2 is 2.20 bits per heavy atom. The molecule has 1 aliphatic heterocycles. The van der Waals surface area contributed by atoms with E-state index < -0.39 is 0 Å². The second kappa shape index (κ2) is 8.31. The van der Waals surface area contributed by atoms with Gasteiger partial charge in [-0.3, -0.25) is 14.5 Å². The smallest absolute Gasteiger partial charge is 0.262 e. The summed E-state index contributed by atoms with van der Waals surface area (Å²) in [5, 5.41) is 4.98. The number of aromatic nitrogens is 4. The van der Waals surface area contributed by atoms with E-state index in [9.17, 15) is 9.59 Å². The molecule has 0 saturated carbocycles. The van der Waals surface area contributed by atoms with Gasteiger partial charge >= 0.3 is 0 Å². The van der Waals surface area contributed by atoms with Gasteiger partial charge in [-0.15, -0.1) is 11.3 Å². The van der Waals surface area contributed by atoms with E-state index in [1.807, 2.05) is 10.7 Å². The fourth-order valence-electron chi connectivity index (χ4n) is 4.36. The number of hydrogen-bond acceptors (Lipinski definition) is 6. The summed E-state index contributed by atoms with van der Waals surface area (Å²) >= 11 is 1.44. The highest BCUT2D eigenvalue weighted by Crippen LogP contribution is 2.32. The fraction of sp³-hybridized carbons (Fsp3) is 0.524. The summed E-state index contributed by atoms with van der Waals surface area (Å²) in [5.41, 5.74) is 5.91. The van der Waals surface area contributed by atoms with Crippen LogP contribution < -0.4 is 11.3 Å². The number of rotatable bonds is 7. The molecule has 4 heterocycles. The maximum Gasteiger partial charge on any atom is 0.262 e. The molecule has 0 radical (unpaired) electrons. The molecule has 4 rings (SSSR count). The topological polar surface area (TPSA) is 110 Å². The van der Waals surface area contributed by atoms with Crippen LogP contribution in [0.2, 0.25) is 0 Å². The van der Waals surface area contributed by atoms with Gasteiger partial charge in [0.25, 0.3) is 11.5 Å². The number of primary amides is 1. The highest BCUT2D eigenvalue weighted by Gasteiger charge is 2.33. The lowest BCUT2D eigenvalue weighted by Crippen LogP contribution is -2.21. The third kappa shape index (κ3) is 3.91. The molecule has 1 saturated heterocycles. The van der Waals surface area contributed by atoms with Crippen molar-refractivity contribution >= 4 is 28.3 Å². The number of fused-ring (bicyclic) bond motifs is 1. The number of hydrogen-bond donors (Lipinski definition) is 2. The Morgan fingerprint density at radius 1 is 1.40 bits per heavy atom. The molecule has 1 fully saturated rings. The van der Waals surface area contributed by atoms with E-state index in [2.05, 4.69) is 35.8 Å². The van der Waals surface area contributed by atoms with Crippen LogP contribution >= 0.6 is 11.3 Å². The first-order valence-corrected chi connectivity index (χ1v) is 11.3. The number of carbonyl (C=O) groups is 1. The molecule has 9 heteroatoms. The normalized spacial score (nSPS) is 20.8. The molecule has 8 nitrogen and oxygen atoms in total. The summed E-state index contributed by atoms with van der Waals surface area (Å²) < 4.78 is 1.88. The van der Waals surface area contributed by atoms with Gasteiger partial charge in [-0.25, -0.2) is 9.67 Å². The van der Waals surface area contributed by atoms with E-state index in [0.29, 0.717) is 21.8 Å². The number of H-pyrrole nitrogens is 1. The number of nitrogens with zero attached hydrogens (tertiary/aromatic N) is 4. The molecule has 160 valence electrons. The molecule has 3 aromatic rings. The predicted octanol–water partition coefficient (Wildman–Crippen LogP) is 2.88. The molecule has 30 heavy (non-hydrogen) atoms. The molecule has 1 aliphatic rings. The van der Waals surface area contributed by atoms with E-state index in [1.165, 1.54) is 11.3 Å². The standard InChI is InChI=1S/C21H28N6O2S/c1-4-5-13(3)27-20-15(8-23-27)21(29)25-19(24-20)16-11-26(9-12(16)2)10-14-6-7-17(30-14)18(22)28/h6-8,12-13,16H,4-5,9-11H2,1-3H3,(H2,22,28)(H,24,25,29). The monoisotopic (exact) mass is 428 g/mol. The summed E-state index contributed by atoms with van der Waals surface area (Å²) in [4.78, 5) is 35.9. The molecule has 3 aromatic heterocycles. The molecule has 3 atom stereocenters. The third-order valence-electron chi connectivity index (χ3n) is 5.93. The van der Waals surface area contributed by atoms with Crippen LogP contribution in [0.15, 0.2) is 23.1 Å². The Morgan fingerprint density at radius 3 is 2.90 bits per heavy atom. The summed E-state index contributed by atoms with van der Waals surface area (Å²) in [5.74, 6) is 0.841. The van der Waals surface area contributed by atoms with Gasteiger partial charge in [0, 0.05) is 30.4 Å². The molecule has 1 amide bonds. The van der Waals surface area contributed by atoms with E-state index in [4.69, 9.17) is 10.7 Å². The van der Waals surface area contributed by atoms with Gasteiger partial charge < -0.3 is 10.7 Å². The molecular formula is C21H28N6O2S. The average molecular weight is 429 g/mol. The largest absolute Gasteiger partial charge is 0.365 e. The van der Waals surface area contributed by atoms with E-state index >= 15 is 0 Å². The number of aromatic amines is 1. The first kappa shape index (κ1) is 20.7. The van der Waals surface area contributed by atoms with Crippen molar-refractivity contribution in [3.05, 3.63) is 44.3 Å². The first-order chi connectivity index (χ1) is 14.4. The van der Waals surface area contributed by atoms with Crippen molar-refractivity contribution in [3.63, 3.8) is 0 Å². The Bertz CT molecular complexity index is 1120. The molecule has 0 bridgehead atoms. The van der Waals surface area contributed by atoms with Crippen LogP contribution in [-0.2, 0) is 6.54 Å². The Labute approximate surface area is 179 Å². The van der Waals surface area contributed by atoms with Crippen LogP contribution in [0.25, 0.3) is 11.0 Å². The summed E-state index contributed by atoms with van der Waals surface area (Å²) in [6.07, 6.45) is 3.66. The fourth-order valence-corrected chi connectivity index (χ4v) is 5.26. The minimum Gasteiger partial charge on any atom is -0.365 e. The predicted molar refractivity (Wildman–Crippen MR) is 118 cm³/mol. The van der Waals surface area contributed by atoms with Crippen molar-refractivity contribution in [2.24, 2.45) is 11.7 Å². The Kier molecular flexibility index (Phi) is 5.75. The van der Waals surface area contributed by atoms with Gasteiger partial charge in [0.1, 0.15) is 11.2 Å². The number of nitrogens with two attached hydrogens (primary N) is 1.